The number of hydrogen-bond acceptors (Lipinski definition) is 2. The molecule has 2 nitrogen and oxygen atoms in total. The SMILES string of the molecule is CCCN(C)CCNCCI. The molecule has 1 N–H and O–H groups in total. The molecular formula is C8H19IN2. The van der Waals surface area contributed by atoms with Gasteiger partial charge >= 0.3 is 0 Å². The lowest BCUT2D eigenvalue weighted by atomic mass is 10.4. The van der Waals surface area contributed by atoms with Crippen LogP contribution in [-0.2, 0) is 0 Å². The topological polar surface area (TPSA) is 15.3 Å². The fourth-order valence-corrected chi connectivity index (χ4v) is 1.34. The van der Waals surface area contributed by atoms with Crippen molar-refractivity contribution >= 4 is 22.6 Å². The molecule has 0 unspecified atom stereocenters. The molecule has 3 heteroatoms. The van der Waals surface area contributed by atoms with Crippen LogP contribution in [0.25, 0.3) is 0 Å². The average Bonchev–Trinajstić information content (AvgIpc) is 1.99. The van der Waals surface area contributed by atoms with Crippen LogP contribution in [0, 0.1) is 0 Å². The molecular weight excluding hydrogens is 251 g/mol. The van der Waals surface area contributed by atoms with Crippen LogP contribution >= 0.6 is 22.6 Å². The predicted molar refractivity (Wildman–Crippen MR) is 59.5 cm³/mol. The molecule has 0 fully saturated rings. The van der Waals surface area contributed by atoms with Crippen molar-refractivity contribution in [3.63, 3.8) is 0 Å². The van der Waals surface area contributed by atoms with E-state index in [0.29, 0.717) is 0 Å². The molecule has 0 radical (unpaired) electrons. The van der Waals surface area contributed by atoms with Crippen LogP contribution in [0.15, 0.2) is 0 Å². The monoisotopic (exact) mass is 270 g/mol. The highest BCUT2D eigenvalue weighted by atomic mass is 127. The lowest BCUT2D eigenvalue weighted by Gasteiger charge is -2.15. The van der Waals surface area contributed by atoms with Crippen LogP contribution in [0.3, 0.4) is 0 Å². The van der Waals surface area contributed by atoms with Crippen molar-refractivity contribution < 1.29 is 0 Å². The first kappa shape index (κ1) is 11.6. The molecule has 0 aliphatic carbocycles. The van der Waals surface area contributed by atoms with Crippen molar-refractivity contribution in [1.82, 2.24) is 10.2 Å². The Morgan fingerprint density at radius 1 is 1.27 bits per heavy atom. The van der Waals surface area contributed by atoms with Gasteiger partial charge in [0.15, 0.2) is 0 Å². The quantitative estimate of drug-likeness (QED) is 0.427. The summed E-state index contributed by atoms with van der Waals surface area (Å²) in [5, 5.41) is 3.38. The van der Waals surface area contributed by atoms with Gasteiger partial charge in [-0.05, 0) is 20.0 Å². The third-order valence-corrected chi connectivity index (χ3v) is 2.09. The number of alkyl halides is 1. The second-order valence-corrected chi connectivity index (χ2v) is 3.82. The summed E-state index contributed by atoms with van der Waals surface area (Å²) in [5.74, 6) is 0. The van der Waals surface area contributed by atoms with E-state index in [2.05, 4.69) is 46.8 Å². The van der Waals surface area contributed by atoms with Gasteiger partial charge in [0, 0.05) is 24.1 Å². The zero-order chi connectivity index (χ0) is 8.53. The Morgan fingerprint density at radius 2 is 2.00 bits per heavy atom. The molecule has 0 bridgehead atoms. The molecule has 0 aromatic carbocycles. The summed E-state index contributed by atoms with van der Waals surface area (Å²) in [4.78, 5) is 2.36. The van der Waals surface area contributed by atoms with Crippen molar-refractivity contribution in [2.75, 3.05) is 37.7 Å². The summed E-state index contributed by atoms with van der Waals surface area (Å²) in [6, 6.07) is 0. The normalized spacial score (nSPS) is 10.9. The molecule has 0 aromatic rings. The van der Waals surface area contributed by atoms with Gasteiger partial charge in [0.25, 0.3) is 0 Å². The van der Waals surface area contributed by atoms with Crippen molar-refractivity contribution in [2.24, 2.45) is 0 Å². The van der Waals surface area contributed by atoms with E-state index in [1.165, 1.54) is 23.9 Å². The number of halogens is 1. The first-order valence-electron chi connectivity index (χ1n) is 4.26. The number of rotatable bonds is 7. The number of hydrogen-bond donors (Lipinski definition) is 1. The van der Waals surface area contributed by atoms with Crippen molar-refractivity contribution in [3.05, 3.63) is 0 Å². The Bertz CT molecular complexity index is 78.5. The zero-order valence-corrected chi connectivity index (χ0v) is 9.73. The van der Waals surface area contributed by atoms with Gasteiger partial charge in [-0.1, -0.05) is 29.5 Å². The molecule has 0 heterocycles. The van der Waals surface area contributed by atoms with Gasteiger partial charge in [-0.3, -0.25) is 0 Å². The molecule has 0 spiro atoms. The first-order chi connectivity index (χ1) is 5.31. The van der Waals surface area contributed by atoms with E-state index in [4.69, 9.17) is 0 Å². The third-order valence-electron chi connectivity index (χ3n) is 1.55. The molecule has 68 valence electrons. The van der Waals surface area contributed by atoms with Crippen LogP contribution in [0.1, 0.15) is 13.3 Å². The summed E-state index contributed by atoms with van der Waals surface area (Å²) in [6.45, 7) is 6.87. The summed E-state index contributed by atoms with van der Waals surface area (Å²) < 4.78 is 1.20. The van der Waals surface area contributed by atoms with E-state index >= 15 is 0 Å². The summed E-state index contributed by atoms with van der Waals surface area (Å²) in [7, 11) is 2.18. The minimum atomic E-state index is 1.12. The maximum absolute atomic E-state index is 3.38. The molecule has 0 aliphatic heterocycles. The summed E-state index contributed by atoms with van der Waals surface area (Å²) in [6.07, 6.45) is 1.25. The second-order valence-electron chi connectivity index (χ2n) is 2.74. The smallest absolute Gasteiger partial charge is 0.0121 e. The Morgan fingerprint density at radius 3 is 2.55 bits per heavy atom. The minimum absolute atomic E-state index is 1.12. The van der Waals surface area contributed by atoms with E-state index < -0.39 is 0 Å². The molecule has 0 aliphatic rings. The van der Waals surface area contributed by atoms with E-state index in [1.54, 1.807) is 0 Å². The highest BCUT2D eigenvalue weighted by Gasteiger charge is 1.93. The van der Waals surface area contributed by atoms with E-state index in [1.807, 2.05) is 0 Å². The molecule has 0 saturated heterocycles. The molecule has 0 amide bonds. The van der Waals surface area contributed by atoms with Gasteiger partial charge in [-0.25, -0.2) is 0 Å². The molecule has 0 atom stereocenters. The Hall–Kier alpha value is 0.650. The summed E-state index contributed by atoms with van der Waals surface area (Å²) in [5.41, 5.74) is 0. The van der Waals surface area contributed by atoms with Crippen LogP contribution in [0.5, 0.6) is 0 Å². The van der Waals surface area contributed by atoms with Crippen LogP contribution in [0.4, 0.5) is 0 Å². The Kier molecular flexibility index (Phi) is 9.26. The highest BCUT2D eigenvalue weighted by molar-refractivity contribution is 14.1. The Balaban J connectivity index is 2.97. The third kappa shape index (κ3) is 8.56. The van der Waals surface area contributed by atoms with Gasteiger partial charge in [0.1, 0.15) is 0 Å². The maximum atomic E-state index is 3.38. The number of nitrogens with zero attached hydrogens (tertiary/aromatic N) is 1. The zero-order valence-electron chi connectivity index (χ0n) is 7.57. The average molecular weight is 270 g/mol. The fourth-order valence-electron chi connectivity index (χ4n) is 0.955. The van der Waals surface area contributed by atoms with Crippen molar-refractivity contribution in [3.8, 4) is 0 Å². The van der Waals surface area contributed by atoms with Gasteiger partial charge in [-0.15, -0.1) is 0 Å². The Labute approximate surface area is 83.9 Å². The fraction of sp³-hybridized carbons (Fsp3) is 1.00. The molecule has 0 saturated carbocycles. The van der Waals surface area contributed by atoms with E-state index in [-0.39, 0.29) is 0 Å². The first-order valence-corrected chi connectivity index (χ1v) is 5.79. The predicted octanol–water partition coefficient (Wildman–Crippen LogP) is 1.35. The standard InChI is InChI=1S/C8H19IN2/c1-3-7-11(2)8-6-10-5-4-9/h10H,3-8H2,1-2H3. The lowest BCUT2D eigenvalue weighted by molar-refractivity contribution is 0.333. The van der Waals surface area contributed by atoms with Crippen LogP contribution < -0.4 is 5.32 Å². The number of likely N-dealkylation sites (N-methyl/N-ethyl adjacent to an activating group) is 1. The van der Waals surface area contributed by atoms with Crippen molar-refractivity contribution in [1.29, 1.82) is 0 Å². The van der Waals surface area contributed by atoms with Gasteiger partial charge in [-0.2, -0.15) is 0 Å². The molecule has 11 heavy (non-hydrogen) atoms. The van der Waals surface area contributed by atoms with Gasteiger partial charge in [0.2, 0.25) is 0 Å². The summed E-state index contributed by atoms with van der Waals surface area (Å²) >= 11 is 2.39. The van der Waals surface area contributed by atoms with Crippen molar-refractivity contribution in [2.45, 2.75) is 13.3 Å². The second kappa shape index (κ2) is 8.74. The maximum Gasteiger partial charge on any atom is 0.0121 e. The highest BCUT2D eigenvalue weighted by Crippen LogP contribution is 1.84. The van der Waals surface area contributed by atoms with E-state index in [0.717, 1.165) is 13.1 Å². The largest absolute Gasteiger partial charge is 0.315 e. The van der Waals surface area contributed by atoms with E-state index in [9.17, 15) is 0 Å². The molecule has 0 rings (SSSR count). The lowest BCUT2D eigenvalue weighted by Crippen LogP contribution is -2.30. The van der Waals surface area contributed by atoms with Crippen LogP contribution in [0.2, 0.25) is 0 Å². The van der Waals surface area contributed by atoms with Gasteiger partial charge < -0.3 is 10.2 Å². The minimum Gasteiger partial charge on any atom is -0.315 e. The van der Waals surface area contributed by atoms with Gasteiger partial charge in [0.05, 0.1) is 0 Å². The molecule has 0 aromatic heterocycles. The number of nitrogens with one attached hydrogen (secondary N) is 1. The van der Waals surface area contributed by atoms with Crippen LogP contribution in [-0.4, -0.2) is 42.6 Å².